The van der Waals surface area contributed by atoms with Crippen LogP contribution in [0.3, 0.4) is 0 Å². The predicted molar refractivity (Wildman–Crippen MR) is 59.5 cm³/mol. The Morgan fingerprint density at radius 2 is 1.94 bits per heavy atom. The number of para-hydroxylation sites is 1. The van der Waals surface area contributed by atoms with E-state index in [4.69, 9.17) is 0 Å². The standard InChI is InChI=1S/C11H9N3O3/c15-10(9-6-7-12-14-9)17-11(16)13-8-4-2-1-3-5-8/h1-7H,(H,12,14)(H,13,16). The SMILES string of the molecule is O=C(Nc1ccccc1)OC(=O)c1ccn[nH]1. The molecule has 86 valence electrons. The summed E-state index contributed by atoms with van der Waals surface area (Å²) >= 11 is 0. The van der Waals surface area contributed by atoms with Gasteiger partial charge in [-0.3, -0.25) is 10.4 Å². The van der Waals surface area contributed by atoms with Crippen LogP contribution in [-0.2, 0) is 4.74 Å². The third-order valence-electron chi connectivity index (χ3n) is 1.93. The second-order valence-electron chi connectivity index (χ2n) is 3.14. The highest BCUT2D eigenvalue weighted by Crippen LogP contribution is 2.06. The predicted octanol–water partition coefficient (Wildman–Crippen LogP) is 1.80. The maximum Gasteiger partial charge on any atom is 0.419 e. The molecule has 1 aromatic carbocycles. The number of rotatable bonds is 2. The molecule has 0 aliphatic carbocycles. The molecule has 2 N–H and O–H groups in total. The fraction of sp³-hybridized carbons (Fsp3) is 0. The zero-order chi connectivity index (χ0) is 12.1. The van der Waals surface area contributed by atoms with Gasteiger partial charge in [-0.2, -0.15) is 5.10 Å². The molecule has 6 nitrogen and oxygen atoms in total. The zero-order valence-electron chi connectivity index (χ0n) is 8.71. The van der Waals surface area contributed by atoms with E-state index < -0.39 is 12.1 Å². The Bertz CT molecular complexity index is 508. The van der Waals surface area contributed by atoms with E-state index in [1.54, 1.807) is 24.3 Å². The number of hydrogen-bond donors (Lipinski definition) is 2. The molecule has 0 atom stereocenters. The summed E-state index contributed by atoms with van der Waals surface area (Å²) in [5.41, 5.74) is 0.670. The zero-order valence-corrected chi connectivity index (χ0v) is 8.71. The lowest BCUT2D eigenvalue weighted by Gasteiger charge is -2.03. The number of H-pyrrole nitrogens is 1. The van der Waals surface area contributed by atoms with Crippen LogP contribution in [0.5, 0.6) is 0 Å². The van der Waals surface area contributed by atoms with Gasteiger partial charge in [-0.15, -0.1) is 0 Å². The average Bonchev–Trinajstić information content (AvgIpc) is 2.83. The number of aromatic nitrogens is 2. The molecule has 0 aliphatic rings. The molecule has 0 fully saturated rings. The minimum absolute atomic E-state index is 0.119. The summed E-state index contributed by atoms with van der Waals surface area (Å²) in [4.78, 5) is 22.7. The molecule has 1 aromatic heterocycles. The van der Waals surface area contributed by atoms with Gasteiger partial charge >= 0.3 is 12.1 Å². The van der Waals surface area contributed by atoms with Crippen LogP contribution in [0.1, 0.15) is 10.5 Å². The van der Waals surface area contributed by atoms with Crippen LogP contribution in [0.2, 0.25) is 0 Å². The van der Waals surface area contributed by atoms with Crippen LogP contribution in [0.15, 0.2) is 42.6 Å². The van der Waals surface area contributed by atoms with E-state index in [9.17, 15) is 9.59 Å². The van der Waals surface area contributed by atoms with Gasteiger partial charge in [0.25, 0.3) is 0 Å². The van der Waals surface area contributed by atoms with Crippen LogP contribution < -0.4 is 5.32 Å². The molecule has 1 amide bonds. The van der Waals surface area contributed by atoms with Crippen LogP contribution in [0.25, 0.3) is 0 Å². The lowest BCUT2D eigenvalue weighted by molar-refractivity contribution is 0.0639. The summed E-state index contributed by atoms with van der Waals surface area (Å²) in [5.74, 6) is -0.782. The highest BCUT2D eigenvalue weighted by Gasteiger charge is 2.13. The molecule has 17 heavy (non-hydrogen) atoms. The van der Waals surface area contributed by atoms with Crippen molar-refractivity contribution in [3.63, 3.8) is 0 Å². The Morgan fingerprint density at radius 1 is 1.18 bits per heavy atom. The lowest BCUT2D eigenvalue weighted by atomic mass is 10.3. The van der Waals surface area contributed by atoms with Crippen molar-refractivity contribution >= 4 is 17.7 Å². The van der Waals surface area contributed by atoms with E-state index in [0.717, 1.165) is 0 Å². The average molecular weight is 231 g/mol. The van der Waals surface area contributed by atoms with Crippen LogP contribution >= 0.6 is 0 Å². The number of anilines is 1. The highest BCUT2D eigenvalue weighted by molar-refractivity contribution is 5.99. The lowest BCUT2D eigenvalue weighted by Crippen LogP contribution is -2.18. The summed E-state index contributed by atoms with van der Waals surface area (Å²) in [6.07, 6.45) is 0.557. The molecule has 0 saturated heterocycles. The van der Waals surface area contributed by atoms with Crippen LogP contribution in [0.4, 0.5) is 10.5 Å². The van der Waals surface area contributed by atoms with Crippen molar-refractivity contribution in [1.82, 2.24) is 10.2 Å². The van der Waals surface area contributed by atoms with E-state index >= 15 is 0 Å². The van der Waals surface area contributed by atoms with Gasteiger partial charge in [-0.25, -0.2) is 9.59 Å². The van der Waals surface area contributed by atoms with Gasteiger partial charge < -0.3 is 4.74 Å². The summed E-state index contributed by atoms with van der Waals surface area (Å²) < 4.78 is 4.54. The normalized spacial score (nSPS) is 9.65. The molecular formula is C11H9N3O3. The van der Waals surface area contributed by atoms with E-state index in [-0.39, 0.29) is 5.69 Å². The monoisotopic (exact) mass is 231 g/mol. The number of esters is 1. The smallest absolute Gasteiger partial charge is 0.371 e. The molecule has 2 aromatic rings. The maximum atomic E-state index is 11.4. The number of ether oxygens (including phenoxy) is 1. The van der Waals surface area contributed by atoms with Crippen LogP contribution in [0, 0.1) is 0 Å². The highest BCUT2D eigenvalue weighted by atomic mass is 16.6. The summed E-state index contributed by atoms with van der Waals surface area (Å²) in [6.45, 7) is 0. The molecular weight excluding hydrogens is 222 g/mol. The molecule has 2 rings (SSSR count). The quantitative estimate of drug-likeness (QED) is 0.609. The summed E-state index contributed by atoms with van der Waals surface area (Å²) in [5, 5.41) is 8.40. The van der Waals surface area contributed by atoms with Gasteiger partial charge in [0.1, 0.15) is 5.69 Å². The molecule has 6 heteroatoms. The molecule has 0 radical (unpaired) electrons. The van der Waals surface area contributed by atoms with E-state index in [1.165, 1.54) is 12.3 Å². The fourth-order valence-corrected chi connectivity index (χ4v) is 1.17. The molecule has 0 aliphatic heterocycles. The van der Waals surface area contributed by atoms with Crippen LogP contribution in [-0.4, -0.2) is 22.3 Å². The largest absolute Gasteiger partial charge is 0.419 e. The molecule has 0 bridgehead atoms. The summed E-state index contributed by atoms with van der Waals surface area (Å²) in [7, 11) is 0. The van der Waals surface area contributed by atoms with E-state index in [2.05, 4.69) is 20.3 Å². The third kappa shape index (κ3) is 2.91. The second-order valence-corrected chi connectivity index (χ2v) is 3.14. The Labute approximate surface area is 96.6 Å². The van der Waals surface area contributed by atoms with Crippen molar-refractivity contribution in [2.75, 3.05) is 5.32 Å². The van der Waals surface area contributed by atoms with Gasteiger partial charge in [-0.1, -0.05) is 18.2 Å². The number of amides is 1. The number of carbonyl (C=O) groups excluding carboxylic acids is 2. The maximum absolute atomic E-state index is 11.4. The van der Waals surface area contributed by atoms with Crippen molar-refractivity contribution in [1.29, 1.82) is 0 Å². The fourth-order valence-electron chi connectivity index (χ4n) is 1.17. The first-order chi connectivity index (χ1) is 8.25. The van der Waals surface area contributed by atoms with E-state index in [0.29, 0.717) is 5.69 Å². The minimum Gasteiger partial charge on any atom is -0.371 e. The molecule has 0 spiro atoms. The Kier molecular flexibility index (Phi) is 3.15. The number of nitrogens with one attached hydrogen (secondary N) is 2. The van der Waals surface area contributed by atoms with Crippen molar-refractivity contribution < 1.29 is 14.3 Å². The number of benzene rings is 1. The van der Waals surface area contributed by atoms with Gasteiger partial charge in [0.05, 0.1) is 0 Å². The Balaban J connectivity index is 1.92. The van der Waals surface area contributed by atoms with Crippen molar-refractivity contribution in [2.24, 2.45) is 0 Å². The first kappa shape index (κ1) is 10.9. The number of nitrogens with zero attached hydrogens (tertiary/aromatic N) is 1. The van der Waals surface area contributed by atoms with Crippen molar-refractivity contribution in [3.05, 3.63) is 48.3 Å². The topological polar surface area (TPSA) is 84.1 Å². The van der Waals surface area contributed by atoms with E-state index in [1.807, 2.05) is 6.07 Å². The van der Waals surface area contributed by atoms with Crippen molar-refractivity contribution in [3.8, 4) is 0 Å². The minimum atomic E-state index is -0.837. The third-order valence-corrected chi connectivity index (χ3v) is 1.93. The first-order valence-electron chi connectivity index (χ1n) is 4.83. The second kappa shape index (κ2) is 4.93. The van der Waals surface area contributed by atoms with Crippen molar-refractivity contribution in [2.45, 2.75) is 0 Å². The Hall–Kier alpha value is -2.63. The molecule has 1 heterocycles. The Morgan fingerprint density at radius 3 is 2.59 bits per heavy atom. The number of aromatic amines is 1. The van der Waals surface area contributed by atoms with Gasteiger partial charge in [0.2, 0.25) is 0 Å². The van der Waals surface area contributed by atoms with Gasteiger partial charge in [0, 0.05) is 11.9 Å². The van der Waals surface area contributed by atoms with Gasteiger partial charge in [-0.05, 0) is 18.2 Å². The number of hydrogen-bond acceptors (Lipinski definition) is 4. The number of carbonyl (C=O) groups is 2. The molecule has 0 saturated carbocycles. The van der Waals surface area contributed by atoms with Gasteiger partial charge in [0.15, 0.2) is 0 Å². The summed E-state index contributed by atoms with van der Waals surface area (Å²) in [6, 6.07) is 10.1. The molecule has 0 unspecified atom stereocenters. The first-order valence-corrected chi connectivity index (χ1v) is 4.83.